The summed E-state index contributed by atoms with van der Waals surface area (Å²) in [6, 6.07) is 14.2. The number of methoxy groups -OCH3 is 1. The Morgan fingerprint density at radius 2 is 1.71 bits per heavy atom. The predicted molar refractivity (Wildman–Crippen MR) is 101 cm³/mol. The van der Waals surface area contributed by atoms with E-state index in [0.717, 1.165) is 8.47 Å². The smallest absolute Gasteiger partial charge is 0.283 e. The molecule has 1 N–H and O–H groups in total. The Labute approximate surface area is 157 Å². The Balaban J connectivity index is 1.94. The van der Waals surface area contributed by atoms with Gasteiger partial charge in [-0.05, 0) is 59.0 Å². The Bertz CT molecular complexity index is 849. The molecule has 1 heterocycles. The minimum Gasteiger partial charge on any atom is -0.495 e. The maximum absolute atomic E-state index is 12.7. The average Bonchev–Trinajstić information content (AvgIpc) is 2.80. The molecule has 3 rings (SSSR count). The third-order valence-corrected chi connectivity index (χ3v) is 4.54. The third kappa shape index (κ3) is 2.99. The van der Waals surface area contributed by atoms with Gasteiger partial charge in [-0.1, -0.05) is 23.7 Å². The molecular weight excluding hydrogens is 443 g/mol. The maximum Gasteiger partial charge on any atom is 0.283 e. The number of halogens is 2. The summed E-state index contributed by atoms with van der Waals surface area (Å²) < 4.78 is 6.29. The fourth-order valence-electron chi connectivity index (χ4n) is 2.32. The fraction of sp³-hybridized carbons (Fsp3) is 0.0588. The lowest BCUT2D eigenvalue weighted by molar-refractivity contribution is -0.120. The van der Waals surface area contributed by atoms with Crippen molar-refractivity contribution in [2.75, 3.05) is 17.3 Å². The number of rotatable bonds is 4. The monoisotopic (exact) mass is 454 g/mol. The van der Waals surface area contributed by atoms with Crippen LogP contribution in [0, 0.1) is 3.57 Å². The van der Waals surface area contributed by atoms with E-state index in [1.165, 1.54) is 7.11 Å². The predicted octanol–water partition coefficient (Wildman–Crippen LogP) is 3.74. The molecule has 0 aliphatic carbocycles. The normalized spacial score (nSPS) is 14.4. The summed E-state index contributed by atoms with van der Waals surface area (Å²) in [5.41, 5.74) is 1.08. The summed E-state index contributed by atoms with van der Waals surface area (Å²) >= 11 is 8.29. The number of para-hydroxylation sites is 2. The SMILES string of the molecule is COc1ccccc1N1C(=O)C(Cl)=C(Nc2ccc(I)cc2)C1=O. The maximum atomic E-state index is 12.7. The summed E-state index contributed by atoms with van der Waals surface area (Å²) in [4.78, 5) is 26.2. The lowest BCUT2D eigenvalue weighted by Gasteiger charge is -2.17. The first kappa shape index (κ1) is 16.8. The van der Waals surface area contributed by atoms with Crippen molar-refractivity contribution in [3.05, 3.63) is 62.8 Å². The van der Waals surface area contributed by atoms with Gasteiger partial charge in [0.05, 0.1) is 12.8 Å². The van der Waals surface area contributed by atoms with Crippen molar-refractivity contribution in [2.24, 2.45) is 0 Å². The van der Waals surface area contributed by atoms with Gasteiger partial charge in [-0.25, -0.2) is 4.90 Å². The highest BCUT2D eigenvalue weighted by Gasteiger charge is 2.40. The van der Waals surface area contributed by atoms with Crippen LogP contribution in [0.15, 0.2) is 59.3 Å². The molecule has 0 saturated heterocycles. The van der Waals surface area contributed by atoms with E-state index in [9.17, 15) is 9.59 Å². The molecule has 0 saturated carbocycles. The van der Waals surface area contributed by atoms with Crippen LogP contribution in [0.1, 0.15) is 0 Å². The van der Waals surface area contributed by atoms with Crippen LogP contribution in [0.25, 0.3) is 0 Å². The molecule has 24 heavy (non-hydrogen) atoms. The zero-order valence-electron chi connectivity index (χ0n) is 12.5. The van der Waals surface area contributed by atoms with Crippen molar-refractivity contribution < 1.29 is 14.3 Å². The van der Waals surface area contributed by atoms with Crippen molar-refractivity contribution in [1.82, 2.24) is 0 Å². The first-order chi connectivity index (χ1) is 11.5. The molecular formula is C17H12ClIN2O3. The summed E-state index contributed by atoms with van der Waals surface area (Å²) in [6.07, 6.45) is 0. The van der Waals surface area contributed by atoms with Crippen LogP contribution in [-0.2, 0) is 9.59 Å². The molecule has 5 nitrogen and oxygen atoms in total. The minimum atomic E-state index is -0.584. The quantitative estimate of drug-likeness (QED) is 0.565. The van der Waals surface area contributed by atoms with E-state index in [0.29, 0.717) is 17.1 Å². The van der Waals surface area contributed by atoms with Gasteiger partial charge >= 0.3 is 0 Å². The van der Waals surface area contributed by atoms with Gasteiger partial charge in [0, 0.05) is 9.26 Å². The molecule has 0 fully saturated rings. The van der Waals surface area contributed by atoms with Crippen LogP contribution in [0.2, 0.25) is 0 Å². The van der Waals surface area contributed by atoms with Crippen LogP contribution in [-0.4, -0.2) is 18.9 Å². The molecule has 1 aliphatic heterocycles. The molecule has 2 aromatic rings. The second-order valence-electron chi connectivity index (χ2n) is 4.94. The molecule has 7 heteroatoms. The van der Waals surface area contributed by atoms with E-state index in [-0.39, 0.29) is 10.7 Å². The van der Waals surface area contributed by atoms with Gasteiger partial charge in [0.25, 0.3) is 11.8 Å². The Kier molecular flexibility index (Phi) is 4.77. The number of ether oxygens (including phenoxy) is 1. The standard InChI is InChI=1S/C17H12ClIN2O3/c1-24-13-5-3-2-4-12(13)21-16(22)14(18)15(17(21)23)20-11-8-6-10(19)7-9-11/h2-9,20H,1H3. The number of hydrogen-bond donors (Lipinski definition) is 1. The Hall–Kier alpha value is -2.06. The molecule has 0 aromatic heterocycles. The van der Waals surface area contributed by atoms with E-state index in [1.54, 1.807) is 24.3 Å². The average molecular weight is 455 g/mol. The van der Waals surface area contributed by atoms with Crippen molar-refractivity contribution in [3.8, 4) is 5.75 Å². The summed E-state index contributed by atoms with van der Waals surface area (Å²) in [5, 5.41) is 2.78. The fourth-order valence-corrected chi connectivity index (χ4v) is 2.89. The van der Waals surface area contributed by atoms with E-state index in [2.05, 4.69) is 27.9 Å². The van der Waals surface area contributed by atoms with Gasteiger partial charge in [-0.3, -0.25) is 9.59 Å². The number of anilines is 2. The van der Waals surface area contributed by atoms with Gasteiger partial charge in [0.1, 0.15) is 16.5 Å². The molecule has 2 amide bonds. The number of amides is 2. The highest BCUT2D eigenvalue weighted by molar-refractivity contribution is 14.1. The van der Waals surface area contributed by atoms with Gasteiger partial charge in [0.2, 0.25) is 0 Å². The number of hydrogen-bond acceptors (Lipinski definition) is 4. The number of carbonyl (C=O) groups is 2. The molecule has 122 valence electrons. The topological polar surface area (TPSA) is 58.6 Å². The second kappa shape index (κ2) is 6.82. The van der Waals surface area contributed by atoms with E-state index in [4.69, 9.17) is 16.3 Å². The van der Waals surface area contributed by atoms with Gasteiger partial charge in [0.15, 0.2) is 0 Å². The zero-order valence-corrected chi connectivity index (χ0v) is 15.5. The number of benzene rings is 2. The highest BCUT2D eigenvalue weighted by atomic mass is 127. The van der Waals surface area contributed by atoms with Crippen molar-refractivity contribution in [1.29, 1.82) is 0 Å². The summed E-state index contributed by atoms with van der Waals surface area (Å²) in [6.45, 7) is 0. The number of carbonyl (C=O) groups excluding carboxylic acids is 2. The number of nitrogens with one attached hydrogen (secondary N) is 1. The number of imide groups is 1. The first-order valence-corrected chi connectivity index (χ1v) is 8.42. The summed E-state index contributed by atoms with van der Waals surface area (Å²) in [5.74, 6) is -0.689. The molecule has 0 radical (unpaired) electrons. The third-order valence-electron chi connectivity index (χ3n) is 3.47. The molecule has 0 unspecified atom stereocenters. The van der Waals surface area contributed by atoms with Crippen molar-refractivity contribution in [2.45, 2.75) is 0 Å². The van der Waals surface area contributed by atoms with Crippen LogP contribution < -0.4 is 15.0 Å². The lowest BCUT2D eigenvalue weighted by atomic mass is 10.2. The van der Waals surface area contributed by atoms with E-state index >= 15 is 0 Å². The van der Waals surface area contributed by atoms with Crippen LogP contribution in [0.4, 0.5) is 11.4 Å². The molecule has 0 spiro atoms. The number of nitrogens with zero attached hydrogens (tertiary/aromatic N) is 1. The van der Waals surface area contributed by atoms with E-state index < -0.39 is 11.8 Å². The molecule has 1 aliphatic rings. The second-order valence-corrected chi connectivity index (χ2v) is 6.56. The first-order valence-electron chi connectivity index (χ1n) is 6.97. The molecule has 0 atom stereocenters. The molecule has 2 aromatic carbocycles. The van der Waals surface area contributed by atoms with Gasteiger partial charge in [-0.2, -0.15) is 0 Å². The minimum absolute atomic E-state index is 0.0498. The van der Waals surface area contributed by atoms with Gasteiger partial charge in [-0.15, -0.1) is 0 Å². The van der Waals surface area contributed by atoms with Crippen LogP contribution >= 0.6 is 34.2 Å². The largest absolute Gasteiger partial charge is 0.495 e. The van der Waals surface area contributed by atoms with Crippen molar-refractivity contribution in [3.63, 3.8) is 0 Å². The highest BCUT2D eigenvalue weighted by Crippen LogP contribution is 2.35. The van der Waals surface area contributed by atoms with Crippen LogP contribution in [0.5, 0.6) is 5.75 Å². The summed E-state index contributed by atoms with van der Waals surface area (Å²) in [7, 11) is 1.48. The Morgan fingerprint density at radius 1 is 1.04 bits per heavy atom. The Morgan fingerprint density at radius 3 is 2.38 bits per heavy atom. The molecule has 0 bridgehead atoms. The van der Waals surface area contributed by atoms with Gasteiger partial charge < -0.3 is 10.1 Å². The van der Waals surface area contributed by atoms with Crippen molar-refractivity contribution >= 4 is 57.4 Å². The lowest BCUT2D eigenvalue weighted by Crippen LogP contribution is -2.32. The van der Waals surface area contributed by atoms with E-state index in [1.807, 2.05) is 24.3 Å². The van der Waals surface area contributed by atoms with Crippen LogP contribution in [0.3, 0.4) is 0 Å². The zero-order chi connectivity index (χ0) is 17.3.